The largest absolute Gasteiger partial charge is 0.346 e. The zero-order valence-electron chi connectivity index (χ0n) is 9.16. The fourth-order valence-electron chi connectivity index (χ4n) is 1.27. The lowest BCUT2D eigenvalue weighted by Crippen LogP contribution is -2.27. The molecule has 1 rings (SSSR count). The highest BCUT2D eigenvalue weighted by Crippen LogP contribution is 2.05. The third-order valence-electron chi connectivity index (χ3n) is 2.13. The van der Waals surface area contributed by atoms with E-state index in [1.807, 2.05) is 6.92 Å². The van der Waals surface area contributed by atoms with E-state index in [0.29, 0.717) is 12.2 Å². The smallest absolute Gasteiger partial charge is 0.220 e. The van der Waals surface area contributed by atoms with Crippen LogP contribution in [0.3, 0.4) is 0 Å². The molecule has 1 heterocycles. The van der Waals surface area contributed by atoms with Crippen LogP contribution in [0.5, 0.6) is 0 Å². The summed E-state index contributed by atoms with van der Waals surface area (Å²) in [6.45, 7) is 3.95. The Hall–Kier alpha value is -1.46. The number of tetrazole rings is 1. The standard InChI is InChI=1S/C9H17N5O/c1-3-4-5-6-8(15)10-7(2)9-11-13-14-12-9/h7H,3-6H2,1-2H3,(H,10,15)(H,11,12,13,14). The van der Waals surface area contributed by atoms with E-state index < -0.39 is 0 Å². The highest BCUT2D eigenvalue weighted by molar-refractivity contribution is 5.76. The first-order chi connectivity index (χ1) is 7.24. The SMILES string of the molecule is CCCCCC(=O)NC(C)c1nn[nH]n1. The number of carbonyl (C=O) groups excluding carboxylic acids is 1. The van der Waals surface area contributed by atoms with Crippen LogP contribution in [-0.4, -0.2) is 26.5 Å². The molecule has 0 spiro atoms. The summed E-state index contributed by atoms with van der Waals surface area (Å²) in [5.41, 5.74) is 0. The summed E-state index contributed by atoms with van der Waals surface area (Å²) in [6, 6.07) is -0.183. The number of amides is 1. The Kier molecular flexibility index (Phi) is 4.73. The van der Waals surface area contributed by atoms with Crippen molar-refractivity contribution in [3.05, 3.63) is 5.82 Å². The number of unbranched alkanes of at least 4 members (excludes halogenated alkanes) is 2. The first kappa shape index (κ1) is 11.6. The Balaban J connectivity index is 2.26. The normalized spacial score (nSPS) is 12.4. The average molecular weight is 211 g/mol. The van der Waals surface area contributed by atoms with Crippen molar-refractivity contribution in [3.63, 3.8) is 0 Å². The van der Waals surface area contributed by atoms with Crippen LogP contribution in [0.4, 0.5) is 0 Å². The lowest BCUT2D eigenvalue weighted by molar-refractivity contribution is -0.121. The zero-order valence-corrected chi connectivity index (χ0v) is 9.16. The van der Waals surface area contributed by atoms with Crippen molar-refractivity contribution >= 4 is 5.91 Å². The van der Waals surface area contributed by atoms with E-state index in [1.165, 1.54) is 0 Å². The number of H-pyrrole nitrogens is 1. The van der Waals surface area contributed by atoms with E-state index in [4.69, 9.17) is 0 Å². The minimum atomic E-state index is -0.183. The van der Waals surface area contributed by atoms with Gasteiger partial charge in [-0.25, -0.2) is 0 Å². The van der Waals surface area contributed by atoms with Crippen LogP contribution in [0.1, 0.15) is 51.4 Å². The Bertz CT molecular complexity index is 285. The van der Waals surface area contributed by atoms with Crippen LogP contribution >= 0.6 is 0 Å². The number of nitrogens with one attached hydrogen (secondary N) is 2. The molecule has 2 N–H and O–H groups in total. The van der Waals surface area contributed by atoms with E-state index >= 15 is 0 Å². The summed E-state index contributed by atoms with van der Waals surface area (Å²) < 4.78 is 0. The van der Waals surface area contributed by atoms with Crippen molar-refractivity contribution in [1.82, 2.24) is 25.9 Å². The van der Waals surface area contributed by atoms with Gasteiger partial charge in [-0.05, 0) is 13.3 Å². The maximum atomic E-state index is 11.4. The first-order valence-electron chi connectivity index (χ1n) is 5.26. The molecule has 84 valence electrons. The Labute approximate surface area is 88.8 Å². The molecule has 1 unspecified atom stereocenters. The molecule has 0 aliphatic carbocycles. The third-order valence-corrected chi connectivity index (χ3v) is 2.13. The molecule has 0 fully saturated rings. The number of aromatic nitrogens is 4. The van der Waals surface area contributed by atoms with Crippen LogP contribution in [0.25, 0.3) is 0 Å². The van der Waals surface area contributed by atoms with E-state index in [2.05, 4.69) is 32.9 Å². The molecule has 0 aliphatic heterocycles. The second kappa shape index (κ2) is 6.10. The van der Waals surface area contributed by atoms with Crippen LogP contribution in [0.2, 0.25) is 0 Å². The second-order valence-corrected chi connectivity index (χ2v) is 3.52. The van der Waals surface area contributed by atoms with Crippen LogP contribution in [0.15, 0.2) is 0 Å². The summed E-state index contributed by atoms with van der Waals surface area (Å²) in [5.74, 6) is 0.555. The highest BCUT2D eigenvalue weighted by atomic mass is 16.1. The van der Waals surface area contributed by atoms with Crippen LogP contribution < -0.4 is 5.32 Å². The molecule has 1 atom stereocenters. The molecule has 0 aromatic carbocycles. The van der Waals surface area contributed by atoms with Crippen molar-refractivity contribution in [2.75, 3.05) is 0 Å². The van der Waals surface area contributed by atoms with Crippen molar-refractivity contribution < 1.29 is 4.79 Å². The Morgan fingerprint density at radius 3 is 2.93 bits per heavy atom. The molecular formula is C9H17N5O. The summed E-state index contributed by atoms with van der Waals surface area (Å²) in [5, 5.41) is 16.2. The molecule has 15 heavy (non-hydrogen) atoms. The van der Waals surface area contributed by atoms with Gasteiger partial charge in [0.25, 0.3) is 0 Å². The predicted molar refractivity (Wildman–Crippen MR) is 54.9 cm³/mol. The van der Waals surface area contributed by atoms with Crippen molar-refractivity contribution in [2.45, 2.75) is 45.6 Å². The monoisotopic (exact) mass is 211 g/mol. The molecule has 0 bridgehead atoms. The Morgan fingerprint density at radius 2 is 2.33 bits per heavy atom. The number of nitrogens with zero attached hydrogens (tertiary/aromatic N) is 3. The minimum Gasteiger partial charge on any atom is -0.346 e. The molecule has 6 heteroatoms. The van der Waals surface area contributed by atoms with Gasteiger partial charge in [0.1, 0.15) is 0 Å². The molecule has 0 radical (unpaired) electrons. The number of carbonyl (C=O) groups is 1. The summed E-state index contributed by atoms with van der Waals surface area (Å²) >= 11 is 0. The van der Waals surface area contributed by atoms with Gasteiger partial charge in [0.15, 0.2) is 5.82 Å². The van der Waals surface area contributed by atoms with Gasteiger partial charge in [-0.3, -0.25) is 4.79 Å². The third kappa shape index (κ3) is 4.05. The maximum absolute atomic E-state index is 11.4. The fraction of sp³-hybridized carbons (Fsp3) is 0.778. The minimum absolute atomic E-state index is 0.0424. The van der Waals surface area contributed by atoms with Crippen LogP contribution in [-0.2, 0) is 4.79 Å². The molecule has 0 saturated carbocycles. The average Bonchev–Trinajstić information content (AvgIpc) is 2.70. The van der Waals surface area contributed by atoms with Gasteiger partial charge in [0, 0.05) is 6.42 Å². The Morgan fingerprint density at radius 1 is 1.53 bits per heavy atom. The van der Waals surface area contributed by atoms with Crippen molar-refractivity contribution in [3.8, 4) is 0 Å². The van der Waals surface area contributed by atoms with Gasteiger partial charge in [-0.2, -0.15) is 5.21 Å². The van der Waals surface area contributed by atoms with E-state index in [9.17, 15) is 4.79 Å². The summed E-state index contributed by atoms with van der Waals surface area (Å²) in [6.07, 6.45) is 3.70. The van der Waals surface area contributed by atoms with Gasteiger partial charge < -0.3 is 5.32 Å². The van der Waals surface area contributed by atoms with Crippen molar-refractivity contribution in [1.29, 1.82) is 0 Å². The molecule has 6 nitrogen and oxygen atoms in total. The first-order valence-corrected chi connectivity index (χ1v) is 5.26. The van der Waals surface area contributed by atoms with E-state index in [-0.39, 0.29) is 11.9 Å². The lowest BCUT2D eigenvalue weighted by Gasteiger charge is -2.09. The number of hydrogen-bond donors (Lipinski definition) is 2. The molecule has 1 amide bonds. The highest BCUT2D eigenvalue weighted by Gasteiger charge is 2.12. The molecule has 1 aromatic rings. The van der Waals surface area contributed by atoms with Gasteiger partial charge in [0.2, 0.25) is 5.91 Å². The predicted octanol–water partition coefficient (Wildman–Crippen LogP) is 0.957. The summed E-state index contributed by atoms with van der Waals surface area (Å²) in [7, 11) is 0. The van der Waals surface area contributed by atoms with Gasteiger partial charge >= 0.3 is 0 Å². The van der Waals surface area contributed by atoms with Gasteiger partial charge in [0.05, 0.1) is 6.04 Å². The topological polar surface area (TPSA) is 83.6 Å². The molecule has 0 saturated heterocycles. The van der Waals surface area contributed by atoms with Crippen molar-refractivity contribution in [2.24, 2.45) is 0 Å². The van der Waals surface area contributed by atoms with E-state index in [0.717, 1.165) is 19.3 Å². The quantitative estimate of drug-likeness (QED) is 0.686. The number of aromatic amines is 1. The molecular weight excluding hydrogens is 194 g/mol. The second-order valence-electron chi connectivity index (χ2n) is 3.52. The fourth-order valence-corrected chi connectivity index (χ4v) is 1.27. The molecule has 1 aromatic heterocycles. The summed E-state index contributed by atoms with van der Waals surface area (Å²) in [4.78, 5) is 11.4. The maximum Gasteiger partial charge on any atom is 0.220 e. The molecule has 0 aliphatic rings. The van der Waals surface area contributed by atoms with E-state index in [1.54, 1.807) is 0 Å². The van der Waals surface area contributed by atoms with Gasteiger partial charge in [-0.15, -0.1) is 10.2 Å². The number of hydrogen-bond acceptors (Lipinski definition) is 4. The number of rotatable bonds is 6. The lowest BCUT2D eigenvalue weighted by atomic mass is 10.2. The van der Waals surface area contributed by atoms with Crippen LogP contribution in [0, 0.1) is 0 Å². The zero-order chi connectivity index (χ0) is 11.1. The van der Waals surface area contributed by atoms with Gasteiger partial charge in [-0.1, -0.05) is 25.0 Å².